The molecule has 4 nitrogen and oxygen atoms in total. The maximum absolute atomic E-state index is 12.1. The van der Waals surface area contributed by atoms with E-state index in [1.54, 1.807) is 0 Å². The van der Waals surface area contributed by atoms with E-state index in [1.807, 2.05) is 38.1 Å². The number of amides is 1. The number of carbonyl (C=O) groups is 1. The zero-order valence-electron chi connectivity index (χ0n) is 16.4. The molecule has 0 atom stereocenters. The lowest BCUT2D eigenvalue weighted by Gasteiger charge is -2.19. The summed E-state index contributed by atoms with van der Waals surface area (Å²) >= 11 is 0. The highest BCUT2D eigenvalue weighted by molar-refractivity contribution is 5.91. The van der Waals surface area contributed by atoms with Crippen molar-refractivity contribution in [2.24, 2.45) is 0 Å². The van der Waals surface area contributed by atoms with Crippen molar-refractivity contribution in [2.45, 2.75) is 52.6 Å². The van der Waals surface area contributed by atoms with Crippen molar-refractivity contribution in [3.63, 3.8) is 0 Å². The van der Waals surface area contributed by atoms with E-state index in [1.165, 1.54) is 5.56 Å². The lowest BCUT2D eigenvalue weighted by molar-refractivity contribution is -0.115. The van der Waals surface area contributed by atoms with E-state index in [-0.39, 0.29) is 17.4 Å². The molecule has 1 amide bonds. The second kappa shape index (κ2) is 8.75. The average Bonchev–Trinajstić information content (AvgIpc) is 2.56. The van der Waals surface area contributed by atoms with Crippen LogP contribution in [-0.2, 0) is 10.2 Å². The van der Waals surface area contributed by atoms with Crippen molar-refractivity contribution < 1.29 is 9.53 Å². The summed E-state index contributed by atoms with van der Waals surface area (Å²) in [4.78, 5) is 12.1. The van der Waals surface area contributed by atoms with Gasteiger partial charge in [-0.15, -0.1) is 0 Å². The second-order valence-electron chi connectivity index (χ2n) is 7.74. The third kappa shape index (κ3) is 6.43. The van der Waals surface area contributed by atoms with Crippen molar-refractivity contribution >= 4 is 17.3 Å². The molecule has 140 valence electrons. The van der Waals surface area contributed by atoms with Gasteiger partial charge in [-0.3, -0.25) is 4.79 Å². The number of carbonyl (C=O) groups excluding carboxylic acids is 1. The lowest BCUT2D eigenvalue weighted by Crippen LogP contribution is -2.16. The monoisotopic (exact) mass is 354 g/mol. The number of nitrogens with one attached hydrogen (secondary N) is 2. The Morgan fingerprint density at radius 2 is 1.54 bits per heavy atom. The first-order chi connectivity index (χ1) is 12.2. The number of benzene rings is 2. The molecule has 0 aromatic heterocycles. The van der Waals surface area contributed by atoms with Gasteiger partial charge in [-0.2, -0.15) is 0 Å². The minimum absolute atomic E-state index is 0.0126. The molecule has 26 heavy (non-hydrogen) atoms. The predicted molar refractivity (Wildman–Crippen MR) is 109 cm³/mol. The van der Waals surface area contributed by atoms with Crippen LogP contribution in [0.3, 0.4) is 0 Å². The fourth-order valence-electron chi connectivity index (χ4n) is 2.52. The van der Waals surface area contributed by atoms with E-state index >= 15 is 0 Å². The summed E-state index contributed by atoms with van der Waals surface area (Å²) in [5.74, 6) is 0.791. The fourth-order valence-corrected chi connectivity index (χ4v) is 2.52. The number of anilines is 2. The molecule has 0 saturated carbocycles. The Kier molecular flexibility index (Phi) is 6.67. The number of hydrogen-bond acceptors (Lipinski definition) is 3. The molecule has 4 heteroatoms. The van der Waals surface area contributed by atoms with Crippen LogP contribution in [0.2, 0.25) is 0 Å². The number of ether oxygens (including phenoxy) is 1. The standard InChI is InChI=1S/C22H30N2O2/c1-16(2)26-20-12-10-19(11-13-20)24-21(25)14-15-23-18-8-6-17(7-9-18)22(3,4)5/h6-13,16,23H,14-15H2,1-5H3,(H,24,25). The van der Waals surface area contributed by atoms with Crippen LogP contribution in [0, 0.1) is 0 Å². The van der Waals surface area contributed by atoms with E-state index in [2.05, 4.69) is 55.7 Å². The highest BCUT2D eigenvalue weighted by Crippen LogP contribution is 2.23. The summed E-state index contributed by atoms with van der Waals surface area (Å²) in [6, 6.07) is 15.8. The van der Waals surface area contributed by atoms with Gasteiger partial charge in [0.05, 0.1) is 6.10 Å². The van der Waals surface area contributed by atoms with E-state index in [9.17, 15) is 4.79 Å². The normalized spacial score (nSPS) is 11.3. The molecular weight excluding hydrogens is 324 g/mol. The summed E-state index contributed by atoms with van der Waals surface area (Å²) in [7, 11) is 0. The Balaban J connectivity index is 1.76. The molecule has 0 fully saturated rings. The van der Waals surface area contributed by atoms with Crippen molar-refractivity contribution in [3.8, 4) is 5.75 Å². The minimum Gasteiger partial charge on any atom is -0.491 e. The number of hydrogen-bond donors (Lipinski definition) is 2. The van der Waals surface area contributed by atoms with Crippen LogP contribution in [0.4, 0.5) is 11.4 Å². The zero-order chi connectivity index (χ0) is 19.2. The van der Waals surface area contributed by atoms with Crippen LogP contribution >= 0.6 is 0 Å². The SMILES string of the molecule is CC(C)Oc1ccc(NC(=O)CCNc2ccc(C(C)(C)C)cc2)cc1. The second-order valence-corrected chi connectivity index (χ2v) is 7.74. The summed E-state index contributed by atoms with van der Waals surface area (Å²) in [6.45, 7) is 11.2. The molecule has 2 rings (SSSR count). The molecule has 0 heterocycles. The average molecular weight is 354 g/mol. The van der Waals surface area contributed by atoms with Crippen LogP contribution in [0.5, 0.6) is 5.75 Å². The molecule has 0 unspecified atom stereocenters. The van der Waals surface area contributed by atoms with Crippen LogP contribution in [0.15, 0.2) is 48.5 Å². The Morgan fingerprint density at radius 1 is 0.962 bits per heavy atom. The number of rotatable bonds is 7. The summed E-state index contributed by atoms with van der Waals surface area (Å²) in [5.41, 5.74) is 3.25. The minimum atomic E-state index is -0.0126. The van der Waals surface area contributed by atoms with Gasteiger partial charge in [0.1, 0.15) is 5.75 Å². The molecule has 0 radical (unpaired) electrons. The molecular formula is C22H30N2O2. The third-order valence-electron chi connectivity index (χ3n) is 3.94. The molecule has 2 aromatic rings. The Morgan fingerprint density at radius 3 is 2.08 bits per heavy atom. The first-order valence-electron chi connectivity index (χ1n) is 9.15. The van der Waals surface area contributed by atoms with E-state index in [0.29, 0.717) is 13.0 Å². The highest BCUT2D eigenvalue weighted by Gasteiger charge is 2.12. The first kappa shape index (κ1) is 19.8. The van der Waals surface area contributed by atoms with Gasteiger partial charge in [0.15, 0.2) is 0 Å². The molecule has 0 aliphatic rings. The highest BCUT2D eigenvalue weighted by atomic mass is 16.5. The largest absolute Gasteiger partial charge is 0.491 e. The van der Waals surface area contributed by atoms with Gasteiger partial charge < -0.3 is 15.4 Å². The maximum atomic E-state index is 12.1. The summed E-state index contributed by atoms with van der Waals surface area (Å²) < 4.78 is 5.59. The van der Waals surface area contributed by atoms with Gasteiger partial charge in [-0.05, 0) is 61.2 Å². The predicted octanol–water partition coefficient (Wildman–Crippen LogP) is 5.21. The van der Waals surface area contributed by atoms with Gasteiger partial charge in [0, 0.05) is 24.3 Å². The molecule has 2 aromatic carbocycles. The molecule has 0 bridgehead atoms. The first-order valence-corrected chi connectivity index (χ1v) is 9.15. The molecule has 0 saturated heterocycles. The Hall–Kier alpha value is -2.49. The van der Waals surface area contributed by atoms with Crippen LogP contribution in [0.1, 0.15) is 46.6 Å². The van der Waals surface area contributed by atoms with Crippen LogP contribution in [0.25, 0.3) is 0 Å². The quantitative estimate of drug-likeness (QED) is 0.717. The zero-order valence-corrected chi connectivity index (χ0v) is 16.4. The fraction of sp³-hybridized carbons (Fsp3) is 0.409. The third-order valence-corrected chi connectivity index (χ3v) is 3.94. The molecule has 0 aliphatic carbocycles. The molecule has 0 aliphatic heterocycles. The lowest BCUT2D eigenvalue weighted by atomic mass is 9.87. The van der Waals surface area contributed by atoms with E-state index in [0.717, 1.165) is 17.1 Å². The smallest absolute Gasteiger partial charge is 0.226 e. The van der Waals surface area contributed by atoms with E-state index in [4.69, 9.17) is 4.74 Å². The van der Waals surface area contributed by atoms with E-state index < -0.39 is 0 Å². The van der Waals surface area contributed by atoms with Gasteiger partial charge in [0.2, 0.25) is 5.91 Å². The summed E-state index contributed by atoms with van der Waals surface area (Å²) in [5, 5.41) is 6.19. The van der Waals surface area contributed by atoms with Crippen LogP contribution < -0.4 is 15.4 Å². The van der Waals surface area contributed by atoms with Crippen molar-refractivity contribution in [2.75, 3.05) is 17.2 Å². The van der Waals surface area contributed by atoms with Gasteiger partial charge in [-0.25, -0.2) is 0 Å². The van der Waals surface area contributed by atoms with Crippen LogP contribution in [-0.4, -0.2) is 18.6 Å². The van der Waals surface area contributed by atoms with Gasteiger partial charge in [-0.1, -0.05) is 32.9 Å². The Bertz CT molecular complexity index is 698. The molecule has 2 N–H and O–H groups in total. The van der Waals surface area contributed by atoms with Crippen molar-refractivity contribution in [3.05, 3.63) is 54.1 Å². The Labute approximate surface area is 157 Å². The maximum Gasteiger partial charge on any atom is 0.226 e. The van der Waals surface area contributed by atoms with Gasteiger partial charge >= 0.3 is 0 Å². The van der Waals surface area contributed by atoms with Crippen molar-refractivity contribution in [1.82, 2.24) is 0 Å². The van der Waals surface area contributed by atoms with Gasteiger partial charge in [0.25, 0.3) is 0 Å². The molecule has 0 spiro atoms. The van der Waals surface area contributed by atoms with Crippen molar-refractivity contribution in [1.29, 1.82) is 0 Å². The topological polar surface area (TPSA) is 50.4 Å². The summed E-state index contributed by atoms with van der Waals surface area (Å²) in [6.07, 6.45) is 0.546.